The van der Waals surface area contributed by atoms with Crippen LogP contribution in [0.15, 0.2) is 36.7 Å². The molecule has 1 saturated heterocycles. The van der Waals surface area contributed by atoms with Crippen molar-refractivity contribution in [3.05, 3.63) is 41.8 Å². The van der Waals surface area contributed by atoms with Gasteiger partial charge in [-0.2, -0.15) is 0 Å². The predicted octanol–water partition coefficient (Wildman–Crippen LogP) is 3.01. The number of nitrogens with zero attached hydrogens (tertiary/aromatic N) is 2. The summed E-state index contributed by atoms with van der Waals surface area (Å²) in [6.07, 6.45) is 7.59. The molecule has 5 rings (SSSR count). The standard InChI is InChI=1S/C22H23ClN6O2/c23-18-8-12(16-11-25-21-15(16)2-1-7-24-21)9-19(29-18)26-13-3-5-14(6-4-13)27-22(31)17-10-20(30)28-17/h1-2,7-9,11,13-14,17H,3-6,10H2,(H,24,25)(H,26,29)(H,27,31)(H,28,30). The summed E-state index contributed by atoms with van der Waals surface area (Å²) in [5.41, 5.74) is 2.84. The molecular formula is C22H23ClN6O2. The zero-order valence-electron chi connectivity index (χ0n) is 16.8. The van der Waals surface area contributed by atoms with E-state index in [1.165, 1.54) is 0 Å². The number of aromatic amines is 1. The Hall–Kier alpha value is -3.13. The second kappa shape index (κ2) is 8.19. The Labute approximate surface area is 184 Å². The molecule has 4 N–H and O–H groups in total. The number of nitrogens with one attached hydrogen (secondary N) is 4. The summed E-state index contributed by atoms with van der Waals surface area (Å²) in [5.74, 6) is 0.598. The number of H-pyrrole nitrogens is 1. The van der Waals surface area contributed by atoms with Crippen molar-refractivity contribution in [3.8, 4) is 11.1 Å². The molecule has 9 heteroatoms. The minimum Gasteiger partial charge on any atom is -0.367 e. The molecule has 31 heavy (non-hydrogen) atoms. The Morgan fingerprint density at radius 2 is 1.94 bits per heavy atom. The van der Waals surface area contributed by atoms with E-state index in [0.717, 1.165) is 53.7 Å². The van der Waals surface area contributed by atoms with Gasteiger partial charge in [0, 0.05) is 35.4 Å². The number of amides is 2. The van der Waals surface area contributed by atoms with E-state index in [-0.39, 0.29) is 36.4 Å². The van der Waals surface area contributed by atoms with Crippen LogP contribution in [0.5, 0.6) is 0 Å². The molecule has 2 fully saturated rings. The largest absolute Gasteiger partial charge is 0.367 e. The second-order valence-corrected chi connectivity index (χ2v) is 8.58. The van der Waals surface area contributed by atoms with Crippen molar-refractivity contribution in [2.75, 3.05) is 5.32 Å². The number of halogens is 1. The maximum Gasteiger partial charge on any atom is 0.243 e. The number of β-lactam (4-membered cyclic amide) rings is 1. The molecule has 2 amide bonds. The van der Waals surface area contributed by atoms with Crippen LogP contribution < -0.4 is 16.0 Å². The summed E-state index contributed by atoms with van der Waals surface area (Å²) in [5, 5.41) is 10.6. The first-order chi connectivity index (χ1) is 15.0. The molecule has 0 aromatic carbocycles. The fourth-order valence-electron chi connectivity index (χ4n) is 4.33. The third kappa shape index (κ3) is 4.20. The Bertz CT molecular complexity index is 1130. The lowest BCUT2D eigenvalue weighted by molar-refractivity contribution is -0.137. The highest BCUT2D eigenvalue weighted by Gasteiger charge is 2.33. The summed E-state index contributed by atoms with van der Waals surface area (Å²) in [4.78, 5) is 35.1. The Morgan fingerprint density at radius 3 is 2.71 bits per heavy atom. The second-order valence-electron chi connectivity index (χ2n) is 8.19. The molecule has 1 saturated carbocycles. The molecule has 0 spiro atoms. The quantitative estimate of drug-likeness (QED) is 0.361. The van der Waals surface area contributed by atoms with Gasteiger partial charge in [-0.1, -0.05) is 11.6 Å². The van der Waals surface area contributed by atoms with Crippen LogP contribution in [-0.4, -0.2) is 44.9 Å². The van der Waals surface area contributed by atoms with Crippen molar-refractivity contribution in [3.63, 3.8) is 0 Å². The first-order valence-corrected chi connectivity index (χ1v) is 10.9. The molecule has 1 atom stereocenters. The molecule has 1 unspecified atom stereocenters. The average Bonchev–Trinajstić information content (AvgIpc) is 3.17. The van der Waals surface area contributed by atoms with Crippen LogP contribution in [0.4, 0.5) is 5.82 Å². The van der Waals surface area contributed by atoms with Gasteiger partial charge >= 0.3 is 0 Å². The van der Waals surface area contributed by atoms with Crippen LogP contribution in [0, 0.1) is 0 Å². The topological polar surface area (TPSA) is 112 Å². The highest BCUT2D eigenvalue weighted by molar-refractivity contribution is 6.29. The highest BCUT2D eigenvalue weighted by Crippen LogP contribution is 2.31. The van der Waals surface area contributed by atoms with Gasteiger partial charge in [0.1, 0.15) is 22.7 Å². The van der Waals surface area contributed by atoms with Crippen LogP contribution >= 0.6 is 11.6 Å². The van der Waals surface area contributed by atoms with E-state index in [2.05, 4.69) is 30.9 Å². The molecule has 160 valence electrons. The van der Waals surface area contributed by atoms with Crippen LogP contribution in [0.25, 0.3) is 22.2 Å². The third-order valence-electron chi connectivity index (χ3n) is 6.02. The van der Waals surface area contributed by atoms with Gasteiger partial charge in [0.2, 0.25) is 11.8 Å². The van der Waals surface area contributed by atoms with E-state index >= 15 is 0 Å². The number of aromatic nitrogens is 3. The molecular weight excluding hydrogens is 416 g/mol. The summed E-state index contributed by atoms with van der Waals surface area (Å²) in [6.45, 7) is 0. The smallest absolute Gasteiger partial charge is 0.243 e. The molecule has 4 heterocycles. The summed E-state index contributed by atoms with van der Waals surface area (Å²) >= 11 is 6.32. The van der Waals surface area contributed by atoms with Gasteiger partial charge in [0.05, 0.1) is 6.42 Å². The van der Waals surface area contributed by atoms with Crippen LogP contribution in [-0.2, 0) is 9.59 Å². The van der Waals surface area contributed by atoms with Crippen LogP contribution in [0.2, 0.25) is 5.15 Å². The summed E-state index contributed by atoms with van der Waals surface area (Å²) in [7, 11) is 0. The first-order valence-electron chi connectivity index (χ1n) is 10.5. The van der Waals surface area contributed by atoms with Crippen molar-refractivity contribution in [2.24, 2.45) is 0 Å². The molecule has 3 aromatic rings. The van der Waals surface area contributed by atoms with Gasteiger partial charge in [0.25, 0.3) is 0 Å². The van der Waals surface area contributed by atoms with Crippen molar-refractivity contribution in [1.82, 2.24) is 25.6 Å². The van der Waals surface area contributed by atoms with Crippen LogP contribution in [0.1, 0.15) is 32.1 Å². The normalized spacial score (nSPS) is 23.1. The fraction of sp³-hybridized carbons (Fsp3) is 0.364. The highest BCUT2D eigenvalue weighted by atomic mass is 35.5. The minimum atomic E-state index is -0.364. The molecule has 1 aliphatic carbocycles. The van der Waals surface area contributed by atoms with Gasteiger partial charge in [-0.05, 0) is 55.5 Å². The summed E-state index contributed by atoms with van der Waals surface area (Å²) in [6, 6.07) is 7.85. The third-order valence-corrected chi connectivity index (χ3v) is 6.22. The SMILES string of the molecule is O=C1CC(C(=O)NC2CCC(Nc3cc(-c4c[nH]c5ncccc45)cc(Cl)n3)CC2)N1. The lowest BCUT2D eigenvalue weighted by atomic mass is 9.90. The maximum absolute atomic E-state index is 12.1. The lowest BCUT2D eigenvalue weighted by Gasteiger charge is -2.32. The summed E-state index contributed by atoms with van der Waals surface area (Å²) < 4.78 is 0. The Balaban J connectivity index is 1.22. The predicted molar refractivity (Wildman–Crippen MR) is 119 cm³/mol. The number of carbonyl (C=O) groups excluding carboxylic acids is 2. The Kier molecular flexibility index (Phi) is 5.23. The van der Waals surface area contributed by atoms with Crippen molar-refractivity contribution >= 4 is 40.3 Å². The van der Waals surface area contributed by atoms with E-state index in [9.17, 15) is 9.59 Å². The van der Waals surface area contributed by atoms with E-state index < -0.39 is 0 Å². The van der Waals surface area contributed by atoms with E-state index in [1.54, 1.807) is 6.20 Å². The fourth-order valence-corrected chi connectivity index (χ4v) is 4.54. The molecule has 2 aliphatic rings. The monoisotopic (exact) mass is 438 g/mol. The zero-order chi connectivity index (χ0) is 21.4. The van der Waals surface area contributed by atoms with Crippen molar-refractivity contribution in [2.45, 2.75) is 50.2 Å². The van der Waals surface area contributed by atoms with E-state index in [4.69, 9.17) is 11.6 Å². The van der Waals surface area contributed by atoms with Gasteiger partial charge in [0.15, 0.2) is 0 Å². The molecule has 0 radical (unpaired) electrons. The molecule has 1 aliphatic heterocycles. The Morgan fingerprint density at radius 1 is 1.16 bits per heavy atom. The molecule has 3 aromatic heterocycles. The molecule has 0 bridgehead atoms. The molecule has 8 nitrogen and oxygen atoms in total. The average molecular weight is 439 g/mol. The first kappa shape index (κ1) is 19.8. The number of fused-ring (bicyclic) bond motifs is 1. The number of carbonyl (C=O) groups is 2. The number of hydrogen-bond acceptors (Lipinski definition) is 5. The van der Waals surface area contributed by atoms with Crippen molar-refractivity contribution < 1.29 is 9.59 Å². The maximum atomic E-state index is 12.1. The number of hydrogen-bond donors (Lipinski definition) is 4. The van der Waals surface area contributed by atoms with E-state index in [1.807, 2.05) is 30.5 Å². The van der Waals surface area contributed by atoms with Gasteiger partial charge in [-0.15, -0.1) is 0 Å². The van der Waals surface area contributed by atoms with Crippen LogP contribution in [0.3, 0.4) is 0 Å². The number of pyridine rings is 2. The number of anilines is 1. The van der Waals surface area contributed by atoms with Crippen molar-refractivity contribution in [1.29, 1.82) is 0 Å². The zero-order valence-corrected chi connectivity index (χ0v) is 17.6. The minimum absolute atomic E-state index is 0.0645. The number of rotatable bonds is 5. The van der Waals surface area contributed by atoms with Gasteiger partial charge < -0.3 is 20.9 Å². The van der Waals surface area contributed by atoms with Gasteiger partial charge in [-0.3, -0.25) is 9.59 Å². The lowest BCUT2D eigenvalue weighted by Crippen LogP contribution is -2.58. The van der Waals surface area contributed by atoms with E-state index in [0.29, 0.717) is 5.15 Å². The van der Waals surface area contributed by atoms with Gasteiger partial charge in [-0.25, -0.2) is 9.97 Å².